The van der Waals surface area contributed by atoms with E-state index in [0.717, 1.165) is 28.9 Å². The predicted molar refractivity (Wildman–Crippen MR) is 114 cm³/mol. The molecular formula is C24H25N3O4. The van der Waals surface area contributed by atoms with Gasteiger partial charge >= 0.3 is 0 Å². The van der Waals surface area contributed by atoms with E-state index in [2.05, 4.69) is 16.2 Å². The number of aliphatic hydroxyl groups excluding tert-OH is 1. The molecule has 7 nitrogen and oxygen atoms in total. The van der Waals surface area contributed by atoms with E-state index < -0.39 is 0 Å². The molecule has 1 aliphatic carbocycles. The molecule has 1 aliphatic heterocycles. The second-order valence-electron chi connectivity index (χ2n) is 8.41. The van der Waals surface area contributed by atoms with Crippen LogP contribution in [-0.4, -0.2) is 45.3 Å². The number of β-amino-alcohol motifs (C(OH)–C–C–N with tert-alkyl or cyclic N) is 1. The first-order valence-electron chi connectivity index (χ1n) is 10.7. The van der Waals surface area contributed by atoms with Crippen LogP contribution in [0.1, 0.15) is 37.4 Å². The van der Waals surface area contributed by atoms with Gasteiger partial charge in [0, 0.05) is 24.1 Å². The lowest BCUT2D eigenvalue weighted by molar-refractivity contribution is -0.129. The van der Waals surface area contributed by atoms with Crippen LogP contribution in [0, 0.1) is 5.92 Å². The number of carbonyl (C=O) groups excluding carboxylic acids is 1. The summed E-state index contributed by atoms with van der Waals surface area (Å²) in [5, 5.41) is 13.6. The Morgan fingerprint density at radius 3 is 2.74 bits per heavy atom. The summed E-state index contributed by atoms with van der Waals surface area (Å²) in [5.74, 6) is 2.16. The summed E-state index contributed by atoms with van der Waals surface area (Å²) in [7, 11) is 0. The molecule has 0 saturated carbocycles. The molecule has 2 heterocycles. The molecule has 2 unspecified atom stereocenters. The summed E-state index contributed by atoms with van der Waals surface area (Å²) in [6.45, 7) is 4.32. The van der Waals surface area contributed by atoms with Crippen LogP contribution in [-0.2, 0) is 11.2 Å². The highest BCUT2D eigenvalue weighted by atomic mass is 16.5. The van der Waals surface area contributed by atoms with E-state index in [4.69, 9.17) is 9.26 Å². The Balaban J connectivity index is 1.44. The zero-order valence-electron chi connectivity index (χ0n) is 17.6. The van der Waals surface area contributed by atoms with Crippen LogP contribution in [0.2, 0.25) is 0 Å². The van der Waals surface area contributed by atoms with Crippen molar-refractivity contribution in [2.45, 2.75) is 38.8 Å². The van der Waals surface area contributed by atoms with Crippen molar-refractivity contribution < 1.29 is 19.2 Å². The highest BCUT2D eigenvalue weighted by molar-refractivity contribution is 5.81. The van der Waals surface area contributed by atoms with Gasteiger partial charge in [-0.15, -0.1) is 0 Å². The molecule has 1 aromatic heterocycles. The average Bonchev–Trinajstić information content (AvgIpc) is 3.43. The van der Waals surface area contributed by atoms with Crippen molar-refractivity contribution in [1.29, 1.82) is 0 Å². The molecule has 1 amide bonds. The zero-order chi connectivity index (χ0) is 21.5. The minimum atomic E-state index is -0.0286. The van der Waals surface area contributed by atoms with Crippen LogP contribution in [0.5, 0.6) is 5.75 Å². The first kappa shape index (κ1) is 19.8. The summed E-state index contributed by atoms with van der Waals surface area (Å²) >= 11 is 0. The molecule has 3 aromatic rings. The van der Waals surface area contributed by atoms with Crippen LogP contribution >= 0.6 is 0 Å². The molecule has 7 heteroatoms. The normalized spacial score (nSPS) is 19.7. The number of carbonyl (C=O) groups is 1. The van der Waals surface area contributed by atoms with Crippen molar-refractivity contribution in [3.05, 3.63) is 53.6 Å². The van der Waals surface area contributed by atoms with Crippen molar-refractivity contribution in [2.24, 2.45) is 5.92 Å². The molecule has 0 spiro atoms. The summed E-state index contributed by atoms with van der Waals surface area (Å²) < 4.78 is 11.2. The quantitative estimate of drug-likeness (QED) is 0.656. The van der Waals surface area contributed by atoms with Gasteiger partial charge in [-0.3, -0.25) is 4.79 Å². The lowest BCUT2D eigenvalue weighted by atomic mass is 10.0. The number of aliphatic hydroxyl groups is 1. The van der Waals surface area contributed by atoms with Crippen molar-refractivity contribution in [2.75, 3.05) is 13.2 Å². The zero-order valence-corrected chi connectivity index (χ0v) is 17.6. The molecule has 1 saturated heterocycles. The van der Waals surface area contributed by atoms with Crippen LogP contribution in [0.4, 0.5) is 0 Å². The summed E-state index contributed by atoms with van der Waals surface area (Å²) in [5.41, 5.74) is 4.07. The van der Waals surface area contributed by atoms with E-state index in [9.17, 15) is 9.90 Å². The first-order valence-corrected chi connectivity index (χ1v) is 10.7. The smallest absolute Gasteiger partial charge is 0.258 e. The van der Waals surface area contributed by atoms with Gasteiger partial charge in [0.25, 0.3) is 5.89 Å². The van der Waals surface area contributed by atoms with E-state index in [1.165, 1.54) is 5.56 Å². The maximum atomic E-state index is 12.4. The molecule has 1 fully saturated rings. The Kier molecular flexibility index (Phi) is 4.98. The minimum absolute atomic E-state index is 0.0227. The lowest BCUT2D eigenvalue weighted by Crippen LogP contribution is -2.30. The third kappa shape index (κ3) is 3.49. The van der Waals surface area contributed by atoms with E-state index in [0.29, 0.717) is 24.7 Å². The molecule has 5 rings (SSSR count). The number of likely N-dealkylation sites (tertiary alicyclic amines) is 1. The van der Waals surface area contributed by atoms with Crippen molar-refractivity contribution >= 4 is 5.91 Å². The van der Waals surface area contributed by atoms with Gasteiger partial charge in [0.1, 0.15) is 5.75 Å². The van der Waals surface area contributed by atoms with E-state index >= 15 is 0 Å². The van der Waals surface area contributed by atoms with Crippen molar-refractivity contribution in [3.8, 4) is 28.6 Å². The van der Waals surface area contributed by atoms with Crippen LogP contribution in [0.15, 0.2) is 47.0 Å². The number of benzene rings is 2. The highest BCUT2D eigenvalue weighted by Crippen LogP contribution is 2.49. The van der Waals surface area contributed by atoms with E-state index in [1.807, 2.05) is 55.1 Å². The number of nitrogens with zero attached hydrogens (tertiary/aromatic N) is 3. The molecule has 2 atom stereocenters. The molecule has 2 aliphatic rings. The third-order valence-corrected chi connectivity index (χ3v) is 6.02. The maximum Gasteiger partial charge on any atom is 0.258 e. The second-order valence-corrected chi connectivity index (χ2v) is 8.41. The fraction of sp³-hybridized carbons (Fsp3) is 0.375. The van der Waals surface area contributed by atoms with E-state index in [-0.39, 0.29) is 30.6 Å². The van der Waals surface area contributed by atoms with Gasteiger partial charge in [-0.25, -0.2) is 0 Å². The summed E-state index contributed by atoms with van der Waals surface area (Å²) in [6, 6.07) is 13.7. The number of rotatable bonds is 6. The van der Waals surface area contributed by atoms with Crippen molar-refractivity contribution in [3.63, 3.8) is 0 Å². The number of hydrogen-bond donors (Lipinski definition) is 1. The third-order valence-electron chi connectivity index (χ3n) is 6.02. The predicted octanol–water partition coefficient (Wildman–Crippen LogP) is 3.63. The van der Waals surface area contributed by atoms with Gasteiger partial charge in [0.05, 0.1) is 18.8 Å². The monoisotopic (exact) mass is 419 g/mol. The number of ether oxygens (including phenoxy) is 1. The number of aromatic nitrogens is 2. The second kappa shape index (κ2) is 7.81. The van der Waals surface area contributed by atoms with Gasteiger partial charge in [-0.1, -0.05) is 23.4 Å². The van der Waals surface area contributed by atoms with Gasteiger partial charge in [0.15, 0.2) is 0 Å². The molecule has 31 heavy (non-hydrogen) atoms. The molecule has 0 radical (unpaired) electrons. The van der Waals surface area contributed by atoms with Gasteiger partial charge in [-0.2, -0.15) is 4.98 Å². The van der Waals surface area contributed by atoms with Crippen LogP contribution in [0.25, 0.3) is 22.8 Å². The fourth-order valence-corrected chi connectivity index (χ4v) is 4.82. The maximum absolute atomic E-state index is 12.4. The largest absolute Gasteiger partial charge is 0.491 e. The SMILES string of the molecule is CC(C)Oc1ccc(-c2nc(-c3cccc4c3CC3CC(=O)N(CCO)C43)no2)cc1. The Labute approximate surface area is 180 Å². The molecule has 160 valence electrons. The Bertz CT molecular complexity index is 1110. The van der Waals surface area contributed by atoms with Gasteiger partial charge < -0.3 is 19.3 Å². The fourth-order valence-electron chi connectivity index (χ4n) is 4.82. The Morgan fingerprint density at radius 2 is 2.00 bits per heavy atom. The molecule has 2 aromatic carbocycles. The first-order chi connectivity index (χ1) is 15.0. The molecular weight excluding hydrogens is 394 g/mol. The Hall–Kier alpha value is -3.19. The standard InChI is InChI=1S/C24H25N3O4/c1-14(2)30-17-8-6-15(7-9-17)24-25-23(26-31-24)19-5-3-4-18-20(19)12-16-13-21(29)27(10-11-28)22(16)18/h3-9,14,16,22,28H,10-13H2,1-2H3. The van der Waals surface area contributed by atoms with Crippen LogP contribution < -0.4 is 4.74 Å². The minimum Gasteiger partial charge on any atom is -0.491 e. The van der Waals surface area contributed by atoms with Crippen molar-refractivity contribution in [1.82, 2.24) is 15.0 Å². The van der Waals surface area contributed by atoms with E-state index in [1.54, 1.807) is 0 Å². The average molecular weight is 419 g/mol. The number of fused-ring (bicyclic) bond motifs is 3. The highest BCUT2D eigenvalue weighted by Gasteiger charge is 2.46. The lowest BCUT2D eigenvalue weighted by Gasteiger charge is -2.24. The topological polar surface area (TPSA) is 88.7 Å². The van der Waals surface area contributed by atoms with Gasteiger partial charge in [0.2, 0.25) is 11.7 Å². The molecule has 1 N–H and O–H groups in total. The number of amides is 1. The number of hydrogen-bond acceptors (Lipinski definition) is 6. The summed E-state index contributed by atoms with van der Waals surface area (Å²) in [6.07, 6.45) is 1.43. The van der Waals surface area contributed by atoms with Crippen LogP contribution in [0.3, 0.4) is 0 Å². The molecule has 0 bridgehead atoms. The summed E-state index contributed by atoms with van der Waals surface area (Å²) in [4.78, 5) is 18.8. The Morgan fingerprint density at radius 1 is 1.19 bits per heavy atom. The van der Waals surface area contributed by atoms with Gasteiger partial charge in [-0.05, 0) is 61.6 Å².